The molecule has 0 unspecified atom stereocenters. The first-order chi connectivity index (χ1) is 8.70. The van der Waals surface area contributed by atoms with Crippen molar-refractivity contribution in [2.45, 2.75) is 25.7 Å². The number of carbonyl (C=O) groups is 1. The van der Waals surface area contributed by atoms with E-state index in [1.165, 1.54) is 25.7 Å². The lowest BCUT2D eigenvalue weighted by atomic mass is 10.1. The van der Waals surface area contributed by atoms with Crippen molar-refractivity contribution in [1.29, 1.82) is 0 Å². The SMILES string of the molecule is CN(CC1CCCC1)C(=O)c1ccc(NN)cc1. The number of amides is 1. The van der Waals surface area contributed by atoms with Gasteiger partial charge in [0.2, 0.25) is 0 Å². The highest BCUT2D eigenvalue weighted by molar-refractivity contribution is 5.94. The number of hydrogen-bond acceptors (Lipinski definition) is 3. The molecule has 1 aliphatic carbocycles. The maximum Gasteiger partial charge on any atom is 0.253 e. The molecule has 4 heteroatoms. The monoisotopic (exact) mass is 247 g/mol. The summed E-state index contributed by atoms with van der Waals surface area (Å²) in [7, 11) is 1.88. The molecule has 0 saturated heterocycles. The van der Waals surface area contributed by atoms with Crippen molar-refractivity contribution in [3.05, 3.63) is 29.8 Å². The Morgan fingerprint density at radius 1 is 1.33 bits per heavy atom. The van der Waals surface area contributed by atoms with Crippen molar-refractivity contribution >= 4 is 11.6 Å². The maximum absolute atomic E-state index is 12.2. The average Bonchev–Trinajstić information content (AvgIpc) is 2.91. The zero-order valence-corrected chi connectivity index (χ0v) is 10.9. The summed E-state index contributed by atoms with van der Waals surface area (Å²) in [5.41, 5.74) is 4.08. The number of nitrogen functional groups attached to an aromatic ring is 1. The number of hydrazine groups is 1. The molecule has 3 N–H and O–H groups in total. The molecule has 0 atom stereocenters. The number of rotatable bonds is 4. The van der Waals surface area contributed by atoms with Crippen LogP contribution in [0, 0.1) is 5.92 Å². The van der Waals surface area contributed by atoms with Gasteiger partial charge in [-0.1, -0.05) is 12.8 Å². The number of benzene rings is 1. The van der Waals surface area contributed by atoms with Crippen LogP contribution in [-0.4, -0.2) is 24.4 Å². The minimum absolute atomic E-state index is 0.0884. The van der Waals surface area contributed by atoms with Crippen LogP contribution in [0.15, 0.2) is 24.3 Å². The number of nitrogens with two attached hydrogens (primary N) is 1. The van der Waals surface area contributed by atoms with Gasteiger partial charge in [-0.15, -0.1) is 0 Å². The Balaban J connectivity index is 1.95. The standard InChI is InChI=1S/C14H21N3O/c1-17(10-11-4-2-3-5-11)14(18)12-6-8-13(16-15)9-7-12/h6-9,11,16H,2-5,10,15H2,1H3. The van der Waals surface area contributed by atoms with Crippen LogP contribution in [0.2, 0.25) is 0 Å². The first-order valence-corrected chi connectivity index (χ1v) is 6.53. The third-order valence-corrected chi connectivity index (χ3v) is 3.65. The van der Waals surface area contributed by atoms with E-state index in [2.05, 4.69) is 5.43 Å². The topological polar surface area (TPSA) is 58.4 Å². The van der Waals surface area contributed by atoms with Crippen LogP contribution in [0.4, 0.5) is 5.69 Å². The Morgan fingerprint density at radius 3 is 2.50 bits per heavy atom. The highest BCUT2D eigenvalue weighted by Gasteiger charge is 2.20. The summed E-state index contributed by atoms with van der Waals surface area (Å²) in [5, 5.41) is 0. The fourth-order valence-corrected chi connectivity index (χ4v) is 2.59. The molecule has 2 rings (SSSR count). The van der Waals surface area contributed by atoms with Crippen LogP contribution < -0.4 is 11.3 Å². The molecule has 0 heterocycles. The van der Waals surface area contributed by atoms with E-state index in [1.807, 2.05) is 36.2 Å². The largest absolute Gasteiger partial charge is 0.341 e. The minimum Gasteiger partial charge on any atom is -0.341 e. The zero-order chi connectivity index (χ0) is 13.0. The molecule has 18 heavy (non-hydrogen) atoms. The van der Waals surface area contributed by atoms with E-state index in [9.17, 15) is 4.79 Å². The quantitative estimate of drug-likeness (QED) is 0.633. The predicted molar refractivity (Wildman–Crippen MR) is 73.2 cm³/mol. The Morgan fingerprint density at radius 2 is 1.94 bits per heavy atom. The van der Waals surface area contributed by atoms with Crippen LogP contribution in [0.5, 0.6) is 0 Å². The third-order valence-electron chi connectivity index (χ3n) is 3.65. The van der Waals surface area contributed by atoms with Gasteiger partial charge in [0.05, 0.1) is 0 Å². The molecule has 1 amide bonds. The van der Waals surface area contributed by atoms with Crippen LogP contribution in [-0.2, 0) is 0 Å². The van der Waals surface area contributed by atoms with Gasteiger partial charge in [-0.2, -0.15) is 0 Å². The van der Waals surface area contributed by atoms with Gasteiger partial charge >= 0.3 is 0 Å². The molecule has 0 bridgehead atoms. The van der Waals surface area contributed by atoms with E-state index < -0.39 is 0 Å². The van der Waals surface area contributed by atoms with E-state index in [0.29, 0.717) is 5.92 Å². The van der Waals surface area contributed by atoms with Gasteiger partial charge in [-0.05, 0) is 43.0 Å². The number of carbonyl (C=O) groups excluding carboxylic acids is 1. The molecule has 1 aliphatic rings. The van der Waals surface area contributed by atoms with Crippen LogP contribution in [0.3, 0.4) is 0 Å². The van der Waals surface area contributed by atoms with Crippen LogP contribution >= 0.6 is 0 Å². The zero-order valence-electron chi connectivity index (χ0n) is 10.9. The Hall–Kier alpha value is -1.55. The maximum atomic E-state index is 12.2. The average molecular weight is 247 g/mol. The highest BCUT2D eigenvalue weighted by atomic mass is 16.2. The summed E-state index contributed by atoms with van der Waals surface area (Å²) >= 11 is 0. The normalized spacial score (nSPS) is 15.7. The molecule has 4 nitrogen and oxygen atoms in total. The fraction of sp³-hybridized carbons (Fsp3) is 0.500. The molecular formula is C14H21N3O. The summed E-state index contributed by atoms with van der Waals surface area (Å²) in [4.78, 5) is 14.0. The van der Waals surface area contributed by atoms with Crippen molar-refractivity contribution < 1.29 is 4.79 Å². The molecule has 1 fully saturated rings. The van der Waals surface area contributed by atoms with E-state index in [0.717, 1.165) is 17.8 Å². The van der Waals surface area contributed by atoms with Crippen molar-refractivity contribution in [2.75, 3.05) is 19.0 Å². The molecule has 1 saturated carbocycles. The first kappa shape index (κ1) is 12.9. The summed E-state index contributed by atoms with van der Waals surface area (Å²) in [6.07, 6.45) is 5.13. The number of nitrogens with zero attached hydrogens (tertiary/aromatic N) is 1. The Labute approximate surface area is 108 Å². The van der Waals surface area contributed by atoms with Crippen molar-refractivity contribution in [1.82, 2.24) is 4.90 Å². The Bertz CT molecular complexity index is 396. The second-order valence-electron chi connectivity index (χ2n) is 5.06. The van der Waals surface area contributed by atoms with Gasteiger partial charge in [0, 0.05) is 24.8 Å². The summed E-state index contributed by atoms with van der Waals surface area (Å²) in [6.45, 7) is 0.871. The predicted octanol–water partition coefficient (Wildman–Crippen LogP) is 2.23. The number of nitrogens with one attached hydrogen (secondary N) is 1. The molecule has 1 aromatic carbocycles. The second kappa shape index (κ2) is 5.87. The van der Waals surface area contributed by atoms with Gasteiger partial charge in [0.25, 0.3) is 5.91 Å². The first-order valence-electron chi connectivity index (χ1n) is 6.53. The van der Waals surface area contributed by atoms with Gasteiger partial charge in [0.15, 0.2) is 0 Å². The summed E-state index contributed by atoms with van der Waals surface area (Å²) in [5.74, 6) is 6.07. The molecule has 0 aromatic heterocycles. The second-order valence-corrected chi connectivity index (χ2v) is 5.06. The number of anilines is 1. The third kappa shape index (κ3) is 3.01. The van der Waals surface area contributed by atoms with Crippen LogP contribution in [0.1, 0.15) is 36.0 Å². The lowest BCUT2D eigenvalue weighted by molar-refractivity contribution is 0.0773. The fourth-order valence-electron chi connectivity index (χ4n) is 2.59. The van der Waals surface area contributed by atoms with Crippen LogP contribution in [0.25, 0.3) is 0 Å². The van der Waals surface area contributed by atoms with Crippen molar-refractivity contribution in [2.24, 2.45) is 11.8 Å². The van der Waals surface area contributed by atoms with E-state index in [1.54, 1.807) is 0 Å². The minimum atomic E-state index is 0.0884. The molecule has 98 valence electrons. The van der Waals surface area contributed by atoms with Gasteiger partial charge in [-0.3, -0.25) is 10.6 Å². The molecular weight excluding hydrogens is 226 g/mol. The Kier molecular flexibility index (Phi) is 4.20. The smallest absolute Gasteiger partial charge is 0.253 e. The lowest BCUT2D eigenvalue weighted by Gasteiger charge is -2.21. The van der Waals surface area contributed by atoms with Crippen molar-refractivity contribution in [3.8, 4) is 0 Å². The molecule has 0 radical (unpaired) electrons. The van der Waals surface area contributed by atoms with Gasteiger partial charge < -0.3 is 10.3 Å². The molecule has 0 aliphatic heterocycles. The van der Waals surface area contributed by atoms with E-state index in [4.69, 9.17) is 5.84 Å². The molecule has 0 spiro atoms. The van der Waals surface area contributed by atoms with Gasteiger partial charge in [-0.25, -0.2) is 0 Å². The van der Waals surface area contributed by atoms with Crippen molar-refractivity contribution in [3.63, 3.8) is 0 Å². The lowest BCUT2D eigenvalue weighted by Crippen LogP contribution is -2.31. The van der Waals surface area contributed by atoms with E-state index >= 15 is 0 Å². The number of hydrogen-bond donors (Lipinski definition) is 2. The summed E-state index contributed by atoms with van der Waals surface area (Å²) in [6, 6.07) is 7.25. The van der Waals surface area contributed by atoms with E-state index in [-0.39, 0.29) is 5.91 Å². The van der Waals surface area contributed by atoms with Gasteiger partial charge in [0.1, 0.15) is 0 Å². The highest BCUT2D eigenvalue weighted by Crippen LogP contribution is 2.25. The summed E-state index contributed by atoms with van der Waals surface area (Å²) < 4.78 is 0. The molecule has 1 aromatic rings.